The van der Waals surface area contributed by atoms with Gasteiger partial charge in [0.1, 0.15) is 5.75 Å². The van der Waals surface area contributed by atoms with Gasteiger partial charge in [-0.15, -0.1) is 0 Å². The molecule has 5 nitrogen and oxygen atoms in total. The molecule has 0 aliphatic heterocycles. The molecule has 0 saturated carbocycles. The minimum Gasteiger partial charge on any atom is -0.496 e. The van der Waals surface area contributed by atoms with E-state index in [-0.39, 0.29) is 11.3 Å². The summed E-state index contributed by atoms with van der Waals surface area (Å²) in [4.78, 5) is 10.3. The van der Waals surface area contributed by atoms with Gasteiger partial charge in [0.25, 0.3) is 5.69 Å². The number of halogens is 1. The van der Waals surface area contributed by atoms with Crippen LogP contribution in [0.2, 0.25) is 5.02 Å². The normalized spacial score (nSPS) is 10.9. The highest BCUT2D eigenvalue weighted by Gasteiger charge is 2.10. The largest absolute Gasteiger partial charge is 0.496 e. The number of nitro benzene ring substituents is 1. The molecule has 22 heavy (non-hydrogen) atoms. The zero-order valence-corrected chi connectivity index (χ0v) is 12.4. The van der Waals surface area contributed by atoms with Crippen LogP contribution in [0.1, 0.15) is 11.1 Å². The van der Waals surface area contributed by atoms with E-state index in [2.05, 4.69) is 0 Å². The second kappa shape index (κ2) is 6.74. The Kier molecular flexibility index (Phi) is 4.77. The van der Waals surface area contributed by atoms with Gasteiger partial charge in [-0.1, -0.05) is 23.7 Å². The molecule has 0 unspecified atom stereocenters. The SMILES string of the molecule is COc1ccc(Cl)cc1/C=C(\C#N)c1cccc([N+](=O)[O-])c1. The molecule has 0 heterocycles. The number of rotatable bonds is 4. The number of nitriles is 1. The van der Waals surface area contributed by atoms with E-state index in [0.29, 0.717) is 21.9 Å². The van der Waals surface area contributed by atoms with E-state index in [1.165, 1.54) is 25.3 Å². The molecule has 2 aromatic rings. The van der Waals surface area contributed by atoms with Gasteiger partial charge in [-0.25, -0.2) is 0 Å². The molecule has 0 fully saturated rings. The van der Waals surface area contributed by atoms with E-state index in [4.69, 9.17) is 16.3 Å². The van der Waals surface area contributed by atoms with Crippen LogP contribution < -0.4 is 4.74 Å². The Hall–Kier alpha value is -2.84. The predicted octanol–water partition coefficient (Wildman–Crippen LogP) is 4.32. The first-order valence-electron chi connectivity index (χ1n) is 6.25. The lowest BCUT2D eigenvalue weighted by molar-refractivity contribution is -0.384. The Morgan fingerprint density at radius 1 is 1.36 bits per heavy atom. The van der Waals surface area contributed by atoms with Crippen molar-refractivity contribution in [2.24, 2.45) is 0 Å². The van der Waals surface area contributed by atoms with E-state index in [0.717, 1.165) is 0 Å². The second-order valence-corrected chi connectivity index (χ2v) is 4.80. The van der Waals surface area contributed by atoms with Crippen LogP contribution in [0.25, 0.3) is 11.6 Å². The standard InChI is InChI=1S/C16H11ClN2O3/c1-22-16-6-5-14(17)8-12(16)7-13(10-18)11-3-2-4-15(9-11)19(20)21/h2-9H,1H3/b13-7+. The van der Waals surface area contributed by atoms with Crippen molar-refractivity contribution in [3.63, 3.8) is 0 Å². The third-order valence-corrected chi connectivity index (χ3v) is 3.22. The molecule has 2 rings (SSSR count). The van der Waals surface area contributed by atoms with Crippen LogP contribution in [0.5, 0.6) is 5.75 Å². The number of nitrogens with zero attached hydrogens (tertiary/aromatic N) is 2. The summed E-state index contributed by atoms with van der Waals surface area (Å²) >= 11 is 5.96. The van der Waals surface area contributed by atoms with Gasteiger partial charge in [0.15, 0.2) is 0 Å². The van der Waals surface area contributed by atoms with Crippen LogP contribution in [0.15, 0.2) is 42.5 Å². The Morgan fingerprint density at radius 3 is 2.77 bits per heavy atom. The van der Waals surface area contributed by atoms with E-state index in [1.807, 2.05) is 6.07 Å². The van der Waals surface area contributed by atoms with Crippen molar-refractivity contribution in [1.82, 2.24) is 0 Å². The molecule has 0 saturated heterocycles. The van der Waals surface area contributed by atoms with Crippen LogP contribution >= 0.6 is 11.6 Å². The summed E-state index contributed by atoms with van der Waals surface area (Å²) in [6.07, 6.45) is 1.59. The predicted molar refractivity (Wildman–Crippen MR) is 84.6 cm³/mol. The van der Waals surface area contributed by atoms with Gasteiger partial charge in [0.2, 0.25) is 0 Å². The van der Waals surface area contributed by atoms with Crippen molar-refractivity contribution in [3.05, 3.63) is 68.7 Å². The van der Waals surface area contributed by atoms with Gasteiger partial charge in [-0.3, -0.25) is 10.1 Å². The number of allylic oxidation sites excluding steroid dienone is 1. The summed E-state index contributed by atoms with van der Waals surface area (Å²) in [6.45, 7) is 0. The zero-order valence-electron chi connectivity index (χ0n) is 11.6. The van der Waals surface area contributed by atoms with Crippen LogP contribution in [0.4, 0.5) is 5.69 Å². The minimum atomic E-state index is -0.502. The lowest BCUT2D eigenvalue weighted by Crippen LogP contribution is -1.91. The van der Waals surface area contributed by atoms with Crippen molar-refractivity contribution < 1.29 is 9.66 Å². The highest BCUT2D eigenvalue weighted by Crippen LogP contribution is 2.28. The van der Waals surface area contributed by atoms with Gasteiger partial charge in [-0.2, -0.15) is 5.26 Å². The van der Waals surface area contributed by atoms with Crippen LogP contribution in [0.3, 0.4) is 0 Å². The lowest BCUT2D eigenvalue weighted by atomic mass is 10.0. The molecule has 0 aromatic heterocycles. The average molecular weight is 315 g/mol. The van der Waals surface area contributed by atoms with Crippen molar-refractivity contribution in [3.8, 4) is 11.8 Å². The fourth-order valence-corrected chi connectivity index (χ4v) is 2.12. The van der Waals surface area contributed by atoms with Crippen LogP contribution in [-0.4, -0.2) is 12.0 Å². The maximum absolute atomic E-state index is 10.8. The summed E-state index contributed by atoms with van der Waals surface area (Å²) < 4.78 is 5.22. The topological polar surface area (TPSA) is 76.2 Å². The summed E-state index contributed by atoms with van der Waals surface area (Å²) in [5.41, 5.74) is 1.29. The molecular weight excluding hydrogens is 304 g/mol. The summed E-state index contributed by atoms with van der Waals surface area (Å²) in [7, 11) is 1.51. The Labute approximate surface area is 132 Å². The van der Waals surface area contributed by atoms with Gasteiger partial charge in [0.05, 0.1) is 23.7 Å². The fourth-order valence-electron chi connectivity index (χ4n) is 1.94. The maximum Gasteiger partial charge on any atom is 0.270 e. The average Bonchev–Trinajstić information content (AvgIpc) is 2.52. The van der Waals surface area contributed by atoms with E-state index in [1.54, 1.807) is 30.3 Å². The number of nitro groups is 1. The number of hydrogen-bond acceptors (Lipinski definition) is 4. The molecule has 0 aliphatic carbocycles. The van der Waals surface area contributed by atoms with Gasteiger partial charge in [0, 0.05) is 22.7 Å². The second-order valence-electron chi connectivity index (χ2n) is 4.36. The zero-order chi connectivity index (χ0) is 16.1. The van der Waals surface area contributed by atoms with Gasteiger partial charge < -0.3 is 4.74 Å². The molecule has 0 N–H and O–H groups in total. The minimum absolute atomic E-state index is 0.0725. The molecule has 110 valence electrons. The molecule has 0 aliphatic rings. The third kappa shape index (κ3) is 3.43. The molecule has 0 spiro atoms. The lowest BCUT2D eigenvalue weighted by Gasteiger charge is -2.06. The monoisotopic (exact) mass is 314 g/mol. The van der Waals surface area contributed by atoms with E-state index >= 15 is 0 Å². The van der Waals surface area contributed by atoms with Crippen LogP contribution in [0, 0.1) is 21.4 Å². The quantitative estimate of drug-likeness (QED) is 0.364. The summed E-state index contributed by atoms with van der Waals surface area (Å²) in [5.74, 6) is 0.558. The number of ether oxygens (including phenoxy) is 1. The van der Waals surface area contributed by atoms with Crippen molar-refractivity contribution >= 4 is 28.9 Å². The molecular formula is C16H11ClN2O3. The molecule has 0 atom stereocenters. The third-order valence-electron chi connectivity index (χ3n) is 2.98. The summed E-state index contributed by atoms with van der Waals surface area (Å²) in [6, 6.07) is 13.0. The Balaban J connectivity index is 2.53. The number of hydrogen-bond donors (Lipinski definition) is 0. The smallest absolute Gasteiger partial charge is 0.270 e. The van der Waals surface area contributed by atoms with E-state index in [9.17, 15) is 15.4 Å². The highest BCUT2D eigenvalue weighted by molar-refractivity contribution is 6.30. The van der Waals surface area contributed by atoms with Crippen molar-refractivity contribution in [1.29, 1.82) is 5.26 Å². The molecule has 0 radical (unpaired) electrons. The Bertz CT molecular complexity index is 794. The maximum atomic E-state index is 10.8. The fraction of sp³-hybridized carbons (Fsp3) is 0.0625. The molecule has 2 aromatic carbocycles. The van der Waals surface area contributed by atoms with Gasteiger partial charge in [-0.05, 0) is 29.8 Å². The first-order valence-corrected chi connectivity index (χ1v) is 6.63. The Morgan fingerprint density at radius 2 is 2.14 bits per heavy atom. The highest BCUT2D eigenvalue weighted by atomic mass is 35.5. The number of methoxy groups -OCH3 is 1. The van der Waals surface area contributed by atoms with Crippen LogP contribution in [-0.2, 0) is 0 Å². The first kappa shape index (κ1) is 15.5. The molecule has 6 heteroatoms. The number of benzene rings is 2. The van der Waals surface area contributed by atoms with E-state index < -0.39 is 4.92 Å². The van der Waals surface area contributed by atoms with Crippen molar-refractivity contribution in [2.45, 2.75) is 0 Å². The first-order chi connectivity index (χ1) is 10.5. The van der Waals surface area contributed by atoms with Gasteiger partial charge >= 0.3 is 0 Å². The van der Waals surface area contributed by atoms with Crippen molar-refractivity contribution in [2.75, 3.05) is 7.11 Å². The molecule has 0 amide bonds. The summed E-state index contributed by atoms with van der Waals surface area (Å²) in [5, 5.41) is 20.7. The molecule has 0 bridgehead atoms. The number of non-ortho nitro benzene ring substituents is 1.